The number of hydrogen-bond acceptors (Lipinski definition) is 0. The summed E-state index contributed by atoms with van der Waals surface area (Å²) in [6, 6.07) is 22.2. The van der Waals surface area contributed by atoms with Crippen LogP contribution in [0.3, 0.4) is 0 Å². The Morgan fingerprint density at radius 2 is 1.21 bits per heavy atom. The fraction of sp³-hybridized carbons (Fsp3) is 0.333. The maximum atomic E-state index is 2.31. The molecule has 0 nitrogen and oxygen atoms in total. The van der Waals surface area contributed by atoms with Crippen LogP contribution in [0.2, 0.25) is 4.44 Å². The molecule has 0 aliphatic rings. The molecule has 0 atom stereocenters. The summed E-state index contributed by atoms with van der Waals surface area (Å²) in [4.78, 5) is 0. The van der Waals surface area contributed by atoms with Crippen molar-refractivity contribution in [1.82, 2.24) is 0 Å². The molecule has 0 saturated heterocycles. The molecule has 99 valence electrons. The summed E-state index contributed by atoms with van der Waals surface area (Å²) in [5.74, 6) is 0. The van der Waals surface area contributed by atoms with Crippen molar-refractivity contribution in [2.24, 2.45) is 0 Å². The van der Waals surface area contributed by atoms with Crippen molar-refractivity contribution < 1.29 is 0 Å². The zero-order valence-corrected chi connectivity index (χ0v) is 14.7. The van der Waals surface area contributed by atoms with Gasteiger partial charge in [0.15, 0.2) is 0 Å². The first kappa shape index (κ1) is 14.6. The van der Waals surface area contributed by atoms with Gasteiger partial charge in [-0.15, -0.1) is 0 Å². The molecule has 0 N–H and O–H groups in total. The molecule has 1 radical (unpaired) electrons. The monoisotopic (exact) mass is 359 g/mol. The van der Waals surface area contributed by atoms with E-state index in [4.69, 9.17) is 0 Å². The fourth-order valence-electron chi connectivity index (χ4n) is 2.44. The van der Waals surface area contributed by atoms with E-state index in [0.29, 0.717) is 0 Å². The van der Waals surface area contributed by atoms with Gasteiger partial charge in [-0.2, -0.15) is 0 Å². The Hall–Kier alpha value is -0.761. The predicted octanol–water partition coefficient (Wildman–Crippen LogP) is 4.85. The van der Waals surface area contributed by atoms with Gasteiger partial charge in [-0.1, -0.05) is 0 Å². The Kier molecular flexibility index (Phi) is 6.49. The standard InChI is InChI=1S/2C7H7.C4H9.Sn/c2*1-7-5-3-2-4-6-7;1-3-4-2;/h2*2-6H,1H2;1,3-4H2,2H3;. The molecular formula is C18H23Sn. The van der Waals surface area contributed by atoms with Crippen LogP contribution in [0, 0.1) is 0 Å². The molecule has 0 amide bonds. The first-order valence-corrected chi connectivity index (χ1v) is 13.4. The van der Waals surface area contributed by atoms with E-state index in [9.17, 15) is 0 Å². The van der Waals surface area contributed by atoms with Crippen LogP contribution >= 0.6 is 0 Å². The average Bonchev–Trinajstić information content (AvgIpc) is 2.47. The van der Waals surface area contributed by atoms with Crippen LogP contribution in [0.1, 0.15) is 30.9 Å². The van der Waals surface area contributed by atoms with E-state index in [-0.39, 0.29) is 0 Å². The van der Waals surface area contributed by atoms with Crippen molar-refractivity contribution in [3.05, 3.63) is 71.8 Å². The van der Waals surface area contributed by atoms with E-state index in [1.165, 1.54) is 26.2 Å². The molecule has 2 aromatic rings. The minimum atomic E-state index is -1.32. The van der Waals surface area contributed by atoms with Crippen LogP contribution in [0.5, 0.6) is 0 Å². The first-order chi connectivity index (χ1) is 9.38. The Labute approximate surface area is 124 Å². The Morgan fingerprint density at radius 3 is 1.63 bits per heavy atom. The van der Waals surface area contributed by atoms with Gasteiger partial charge in [0.05, 0.1) is 0 Å². The van der Waals surface area contributed by atoms with Crippen LogP contribution in [0.25, 0.3) is 0 Å². The van der Waals surface area contributed by atoms with Gasteiger partial charge >= 0.3 is 125 Å². The SMILES string of the molecule is CCC[CH2][Sn]([CH2]c1ccccc1)[CH2]c1ccccc1. The van der Waals surface area contributed by atoms with Gasteiger partial charge in [-0.3, -0.25) is 0 Å². The molecule has 0 spiro atoms. The van der Waals surface area contributed by atoms with E-state index < -0.39 is 19.8 Å². The predicted molar refractivity (Wildman–Crippen MR) is 85.8 cm³/mol. The van der Waals surface area contributed by atoms with Crippen molar-refractivity contribution in [2.75, 3.05) is 0 Å². The van der Waals surface area contributed by atoms with Crippen LogP contribution in [-0.4, -0.2) is 19.8 Å². The van der Waals surface area contributed by atoms with Crippen LogP contribution in [0.15, 0.2) is 60.7 Å². The number of rotatable bonds is 7. The fourth-order valence-corrected chi connectivity index (χ4v) is 10.9. The molecule has 19 heavy (non-hydrogen) atoms. The molecule has 2 aromatic carbocycles. The van der Waals surface area contributed by atoms with Crippen molar-refractivity contribution in [3.63, 3.8) is 0 Å². The van der Waals surface area contributed by atoms with Crippen molar-refractivity contribution in [2.45, 2.75) is 33.1 Å². The molecule has 0 aliphatic carbocycles. The topological polar surface area (TPSA) is 0 Å². The summed E-state index contributed by atoms with van der Waals surface area (Å²) in [6.07, 6.45) is 2.77. The van der Waals surface area contributed by atoms with Gasteiger partial charge in [0.25, 0.3) is 0 Å². The summed E-state index contributed by atoms with van der Waals surface area (Å²) in [5, 5.41) is 0. The van der Waals surface area contributed by atoms with Crippen LogP contribution in [-0.2, 0) is 8.87 Å². The van der Waals surface area contributed by atoms with Gasteiger partial charge in [0.1, 0.15) is 0 Å². The van der Waals surface area contributed by atoms with Crippen molar-refractivity contribution >= 4 is 19.8 Å². The first-order valence-electron chi connectivity index (χ1n) is 7.30. The van der Waals surface area contributed by atoms with Gasteiger partial charge in [0.2, 0.25) is 0 Å². The number of hydrogen-bond donors (Lipinski definition) is 0. The van der Waals surface area contributed by atoms with E-state index in [2.05, 4.69) is 67.6 Å². The van der Waals surface area contributed by atoms with Gasteiger partial charge in [-0.05, 0) is 0 Å². The molecule has 0 fully saturated rings. The quantitative estimate of drug-likeness (QED) is 0.621. The summed E-state index contributed by atoms with van der Waals surface area (Å²) < 4.78 is 4.33. The number of benzene rings is 2. The second-order valence-corrected chi connectivity index (χ2v) is 12.9. The Bertz CT molecular complexity index is 408. The number of unbranched alkanes of at least 4 members (excludes halogenated alkanes) is 1. The molecule has 0 aliphatic heterocycles. The van der Waals surface area contributed by atoms with E-state index >= 15 is 0 Å². The molecule has 0 bridgehead atoms. The minimum absolute atomic E-state index is 1.32. The van der Waals surface area contributed by atoms with E-state index in [0.717, 1.165) is 0 Å². The normalized spacial score (nSPS) is 10.8. The summed E-state index contributed by atoms with van der Waals surface area (Å²) >= 11 is -1.32. The van der Waals surface area contributed by atoms with Crippen LogP contribution in [0.4, 0.5) is 0 Å². The van der Waals surface area contributed by atoms with Crippen LogP contribution < -0.4 is 0 Å². The molecule has 0 saturated carbocycles. The third kappa shape index (κ3) is 5.40. The summed E-state index contributed by atoms with van der Waals surface area (Å²) in [6.45, 7) is 2.31. The Balaban J connectivity index is 1.99. The van der Waals surface area contributed by atoms with E-state index in [1.807, 2.05) is 0 Å². The molecular weight excluding hydrogens is 335 g/mol. The maximum absolute atomic E-state index is 2.31. The third-order valence-electron chi connectivity index (χ3n) is 3.48. The molecule has 1 heteroatoms. The molecule has 0 aromatic heterocycles. The van der Waals surface area contributed by atoms with Crippen molar-refractivity contribution in [3.8, 4) is 0 Å². The summed E-state index contributed by atoms with van der Waals surface area (Å²) in [7, 11) is 0. The second-order valence-electron chi connectivity index (χ2n) is 5.18. The molecule has 0 heterocycles. The molecule has 0 unspecified atom stereocenters. The molecule has 2 rings (SSSR count). The van der Waals surface area contributed by atoms with E-state index in [1.54, 1.807) is 11.1 Å². The summed E-state index contributed by atoms with van der Waals surface area (Å²) in [5.41, 5.74) is 3.12. The van der Waals surface area contributed by atoms with Gasteiger partial charge < -0.3 is 0 Å². The third-order valence-corrected chi connectivity index (χ3v) is 11.7. The van der Waals surface area contributed by atoms with Gasteiger partial charge in [-0.25, -0.2) is 0 Å². The zero-order chi connectivity index (χ0) is 13.3. The van der Waals surface area contributed by atoms with Gasteiger partial charge in [0, 0.05) is 0 Å². The average molecular weight is 358 g/mol. The zero-order valence-electron chi connectivity index (χ0n) is 11.8. The second kappa shape index (κ2) is 8.42. The Morgan fingerprint density at radius 1 is 0.737 bits per heavy atom. The van der Waals surface area contributed by atoms with Crippen molar-refractivity contribution in [1.29, 1.82) is 0 Å².